The highest BCUT2D eigenvalue weighted by Crippen LogP contribution is 2.25. The average Bonchev–Trinajstić information content (AvgIpc) is 2.89. The second-order valence-corrected chi connectivity index (χ2v) is 12.0. The van der Waals surface area contributed by atoms with Gasteiger partial charge >= 0.3 is 11.9 Å². The highest BCUT2D eigenvalue weighted by molar-refractivity contribution is 7.89. The van der Waals surface area contributed by atoms with Gasteiger partial charge in [-0.2, -0.15) is 4.72 Å². The van der Waals surface area contributed by atoms with E-state index in [1.807, 2.05) is 18.2 Å². The number of rotatable bonds is 11. The molecule has 9 heteroatoms. The van der Waals surface area contributed by atoms with E-state index in [9.17, 15) is 18.0 Å². The van der Waals surface area contributed by atoms with Gasteiger partial charge in [-0.15, -0.1) is 6.58 Å². The first-order valence-corrected chi connectivity index (χ1v) is 14.2. The number of halogens is 1. The Morgan fingerprint density at radius 1 is 0.923 bits per heavy atom. The van der Waals surface area contributed by atoms with Crippen molar-refractivity contribution < 1.29 is 27.5 Å². The van der Waals surface area contributed by atoms with Crippen LogP contribution in [0.3, 0.4) is 0 Å². The van der Waals surface area contributed by atoms with Crippen LogP contribution < -0.4 is 4.72 Å². The summed E-state index contributed by atoms with van der Waals surface area (Å²) in [7, 11) is -4.24. The lowest BCUT2D eigenvalue weighted by atomic mass is 9.96. The van der Waals surface area contributed by atoms with E-state index < -0.39 is 39.5 Å². The van der Waals surface area contributed by atoms with E-state index in [0.717, 1.165) is 16.7 Å². The van der Waals surface area contributed by atoms with Crippen LogP contribution >= 0.6 is 11.6 Å². The summed E-state index contributed by atoms with van der Waals surface area (Å²) in [6.45, 7) is 8.60. The molecule has 0 unspecified atom stereocenters. The van der Waals surface area contributed by atoms with Crippen LogP contribution in [0.1, 0.15) is 32.8 Å². The van der Waals surface area contributed by atoms with Crippen LogP contribution in [0, 0.1) is 5.92 Å². The van der Waals surface area contributed by atoms with Crippen LogP contribution in [-0.4, -0.2) is 32.0 Å². The molecule has 0 aliphatic heterocycles. The second-order valence-electron chi connectivity index (χ2n) is 9.89. The number of ether oxygens (including phenoxy) is 2. The van der Waals surface area contributed by atoms with Gasteiger partial charge in [-0.05, 0) is 68.1 Å². The second kappa shape index (κ2) is 13.1. The maximum absolute atomic E-state index is 13.4. The fraction of sp³-hybridized carbons (Fsp3) is 0.267. The zero-order valence-electron chi connectivity index (χ0n) is 22.1. The van der Waals surface area contributed by atoms with Crippen LogP contribution in [-0.2, 0) is 35.7 Å². The first-order valence-electron chi connectivity index (χ1n) is 12.3. The van der Waals surface area contributed by atoms with Gasteiger partial charge in [0.15, 0.2) is 0 Å². The summed E-state index contributed by atoms with van der Waals surface area (Å²) >= 11 is 5.95. The normalized spacial score (nSPS) is 13.2. The molecule has 1 N–H and O–H groups in total. The van der Waals surface area contributed by atoms with Gasteiger partial charge in [-0.1, -0.05) is 72.3 Å². The Morgan fingerprint density at radius 3 is 2.03 bits per heavy atom. The van der Waals surface area contributed by atoms with E-state index in [1.54, 1.807) is 69.3 Å². The molecule has 0 bridgehead atoms. The van der Waals surface area contributed by atoms with Crippen molar-refractivity contribution in [2.45, 2.75) is 50.3 Å². The zero-order chi connectivity index (χ0) is 28.6. The number of sulfonamides is 1. The molecule has 3 rings (SSSR count). The predicted octanol–water partition coefficient (Wildman–Crippen LogP) is 5.93. The van der Waals surface area contributed by atoms with E-state index in [4.69, 9.17) is 21.1 Å². The largest absolute Gasteiger partial charge is 0.461 e. The van der Waals surface area contributed by atoms with Crippen molar-refractivity contribution in [3.8, 4) is 11.1 Å². The summed E-state index contributed by atoms with van der Waals surface area (Å²) in [6.07, 6.45) is 1.41. The molecule has 0 aliphatic rings. The predicted molar refractivity (Wildman–Crippen MR) is 151 cm³/mol. The molecule has 0 amide bonds. The summed E-state index contributed by atoms with van der Waals surface area (Å²) < 4.78 is 40.1. The number of carbonyl (C=O) groups excluding carboxylic acids is 2. The van der Waals surface area contributed by atoms with Crippen molar-refractivity contribution in [1.82, 2.24) is 4.72 Å². The lowest BCUT2D eigenvalue weighted by Crippen LogP contribution is -2.51. The van der Waals surface area contributed by atoms with E-state index in [1.165, 1.54) is 18.2 Å². The van der Waals surface area contributed by atoms with Gasteiger partial charge in [0, 0.05) is 5.02 Å². The number of nitrogens with one attached hydrogen (secondary N) is 1. The quantitative estimate of drug-likeness (QED) is 0.227. The molecule has 39 heavy (non-hydrogen) atoms. The molecule has 206 valence electrons. The van der Waals surface area contributed by atoms with E-state index >= 15 is 0 Å². The minimum absolute atomic E-state index is 0.0183. The smallest absolute Gasteiger partial charge is 0.325 e. The first kappa shape index (κ1) is 30.1. The Bertz CT molecular complexity index is 1380. The van der Waals surface area contributed by atoms with Gasteiger partial charge in [0.05, 0.1) is 10.8 Å². The maximum atomic E-state index is 13.4. The molecule has 0 aromatic heterocycles. The standard InChI is InChI=1S/C30H32ClNO6S/c1-5-9-26(28(33)37-20-21-10-7-6-8-11-21)27(29(34)38-30(2,3)4)32-39(35,36)25-18-14-23(15-19-25)22-12-16-24(31)17-13-22/h5-8,10-19,26-27,32H,1,9,20H2,2-4H3/t26-,27+/m0/s1. The van der Waals surface area contributed by atoms with Gasteiger partial charge < -0.3 is 9.47 Å². The lowest BCUT2D eigenvalue weighted by Gasteiger charge is -2.28. The molecule has 2 atom stereocenters. The van der Waals surface area contributed by atoms with Crippen molar-refractivity contribution in [2.24, 2.45) is 5.92 Å². The fourth-order valence-electron chi connectivity index (χ4n) is 3.75. The summed E-state index contributed by atoms with van der Waals surface area (Å²) in [5.41, 5.74) is 1.46. The highest BCUT2D eigenvalue weighted by atomic mass is 35.5. The SMILES string of the molecule is C=CC[C@H](C(=O)OCc1ccccc1)[C@@H](NS(=O)(=O)c1ccc(-c2ccc(Cl)cc2)cc1)C(=O)OC(C)(C)C. The first-order chi connectivity index (χ1) is 18.4. The molecular formula is C30H32ClNO6S. The van der Waals surface area contributed by atoms with Crippen molar-refractivity contribution in [3.05, 3.63) is 102 Å². The molecular weight excluding hydrogens is 538 g/mol. The van der Waals surface area contributed by atoms with Gasteiger partial charge in [0.25, 0.3) is 0 Å². The minimum atomic E-state index is -4.24. The monoisotopic (exact) mass is 569 g/mol. The van der Waals surface area contributed by atoms with Crippen molar-refractivity contribution in [1.29, 1.82) is 0 Å². The van der Waals surface area contributed by atoms with Crippen molar-refractivity contribution in [3.63, 3.8) is 0 Å². The third-order valence-corrected chi connectivity index (χ3v) is 7.34. The Morgan fingerprint density at radius 2 is 1.49 bits per heavy atom. The maximum Gasteiger partial charge on any atom is 0.325 e. The number of allylic oxidation sites excluding steroid dienone is 1. The van der Waals surface area contributed by atoms with Crippen LogP contribution in [0.5, 0.6) is 0 Å². The minimum Gasteiger partial charge on any atom is -0.461 e. The van der Waals surface area contributed by atoms with Crippen molar-refractivity contribution in [2.75, 3.05) is 0 Å². The number of esters is 2. The number of hydrogen-bond acceptors (Lipinski definition) is 6. The molecule has 0 saturated heterocycles. The van der Waals surface area contributed by atoms with Gasteiger partial charge in [-0.25, -0.2) is 8.42 Å². The highest BCUT2D eigenvalue weighted by Gasteiger charge is 2.40. The van der Waals surface area contributed by atoms with E-state index in [0.29, 0.717) is 5.02 Å². The Kier molecular flexibility index (Phi) is 10.1. The summed E-state index contributed by atoms with van der Waals surface area (Å²) in [4.78, 5) is 26.3. The summed E-state index contributed by atoms with van der Waals surface area (Å²) in [5.74, 6) is -2.85. The molecule has 3 aromatic rings. The summed E-state index contributed by atoms with van der Waals surface area (Å²) in [5, 5.41) is 0.590. The molecule has 7 nitrogen and oxygen atoms in total. The van der Waals surface area contributed by atoms with Crippen LogP contribution in [0.4, 0.5) is 0 Å². The Hall–Kier alpha value is -3.46. The van der Waals surface area contributed by atoms with Gasteiger partial charge in [-0.3, -0.25) is 9.59 Å². The molecule has 0 radical (unpaired) electrons. The van der Waals surface area contributed by atoms with Crippen LogP contribution in [0.15, 0.2) is 96.4 Å². The molecule has 0 heterocycles. The number of benzene rings is 3. The Labute approximate surface area is 234 Å². The lowest BCUT2D eigenvalue weighted by molar-refractivity contribution is -0.164. The molecule has 0 aliphatic carbocycles. The molecule has 0 fully saturated rings. The Balaban J connectivity index is 1.88. The average molecular weight is 570 g/mol. The molecule has 0 spiro atoms. The number of carbonyl (C=O) groups is 2. The van der Waals surface area contributed by atoms with Gasteiger partial charge in [0.1, 0.15) is 18.2 Å². The third kappa shape index (κ3) is 8.78. The topological polar surface area (TPSA) is 98.8 Å². The fourth-order valence-corrected chi connectivity index (χ4v) is 5.10. The molecule has 3 aromatic carbocycles. The third-order valence-electron chi connectivity index (χ3n) is 5.63. The van der Waals surface area contributed by atoms with Crippen molar-refractivity contribution >= 4 is 33.6 Å². The number of hydrogen-bond donors (Lipinski definition) is 1. The van der Waals surface area contributed by atoms with Gasteiger partial charge in [0.2, 0.25) is 10.0 Å². The van der Waals surface area contributed by atoms with Crippen LogP contribution in [0.2, 0.25) is 5.02 Å². The van der Waals surface area contributed by atoms with Crippen LogP contribution in [0.25, 0.3) is 11.1 Å². The molecule has 0 saturated carbocycles. The van der Waals surface area contributed by atoms with E-state index in [-0.39, 0.29) is 17.9 Å². The zero-order valence-corrected chi connectivity index (χ0v) is 23.7. The summed E-state index contributed by atoms with van der Waals surface area (Å²) in [6, 6.07) is 20.8. The van der Waals surface area contributed by atoms with E-state index in [2.05, 4.69) is 11.3 Å².